The molecular weight excluding hydrogens is 358 g/mol. The summed E-state index contributed by atoms with van der Waals surface area (Å²) in [4.78, 5) is 14.4. The Morgan fingerprint density at radius 3 is 2.58 bits per heavy atom. The Labute approximate surface area is 152 Å². The molecule has 3 aliphatic heterocycles. The number of hydrogen-bond donors (Lipinski definition) is 1. The van der Waals surface area contributed by atoms with E-state index in [2.05, 4.69) is 0 Å². The van der Waals surface area contributed by atoms with Crippen LogP contribution in [0.1, 0.15) is 30.7 Å². The van der Waals surface area contributed by atoms with E-state index in [0.717, 1.165) is 5.56 Å². The zero-order valence-electron chi connectivity index (χ0n) is 14.5. The van der Waals surface area contributed by atoms with E-state index < -0.39 is 15.9 Å². The molecule has 1 aromatic carbocycles. The summed E-state index contributed by atoms with van der Waals surface area (Å²) in [6.07, 6.45) is 0.788. The topological polar surface area (TPSA) is 93.1 Å². The highest BCUT2D eigenvalue weighted by Crippen LogP contribution is 2.38. The van der Waals surface area contributed by atoms with Crippen LogP contribution in [0.15, 0.2) is 18.2 Å². The van der Waals surface area contributed by atoms with Crippen molar-refractivity contribution in [1.82, 2.24) is 4.90 Å². The number of piperidine rings is 1. The third kappa shape index (κ3) is 3.40. The molecule has 0 bridgehead atoms. The Bertz CT molecular complexity index is 794. The summed E-state index contributed by atoms with van der Waals surface area (Å²) >= 11 is 0. The predicted octanol–water partition coefficient (Wildman–Crippen LogP) is 0.917. The van der Waals surface area contributed by atoms with Gasteiger partial charge in [-0.15, -0.1) is 0 Å². The summed E-state index contributed by atoms with van der Waals surface area (Å²) < 4.78 is 33.8. The van der Waals surface area contributed by atoms with Gasteiger partial charge in [0.15, 0.2) is 11.5 Å². The van der Waals surface area contributed by atoms with E-state index >= 15 is 0 Å². The van der Waals surface area contributed by atoms with Crippen molar-refractivity contribution in [1.29, 1.82) is 0 Å². The average Bonchev–Trinajstić information content (AvgIpc) is 3.08. The molecule has 2 fully saturated rings. The van der Waals surface area contributed by atoms with Gasteiger partial charge < -0.3 is 19.5 Å². The van der Waals surface area contributed by atoms with E-state index in [4.69, 9.17) is 9.47 Å². The number of carbonyl (C=O) groups excluding carboxylic acids is 1. The molecule has 0 saturated carbocycles. The fourth-order valence-corrected chi connectivity index (χ4v) is 5.55. The lowest BCUT2D eigenvalue weighted by atomic mass is 9.86. The number of rotatable bonds is 2. The van der Waals surface area contributed by atoms with E-state index in [1.54, 1.807) is 4.90 Å². The first-order valence-electron chi connectivity index (χ1n) is 9.00. The highest BCUT2D eigenvalue weighted by molar-refractivity contribution is 7.91. The molecule has 2 saturated heterocycles. The minimum absolute atomic E-state index is 0.0249. The van der Waals surface area contributed by atoms with E-state index in [1.807, 2.05) is 18.2 Å². The number of carbonyl (C=O) groups is 1. The standard InChI is InChI=1S/C18H23NO6S/c20-15-10-19(18(21)12-4-7-26(22,23)8-5-12)6-3-14(15)13-1-2-16-17(9-13)25-11-24-16/h1-2,9,12,14-15,20H,3-8,10-11H2/t14-,15+/m0/s1. The molecule has 0 unspecified atom stereocenters. The fraction of sp³-hybridized carbons (Fsp3) is 0.611. The van der Waals surface area contributed by atoms with Crippen LogP contribution in [0.3, 0.4) is 0 Å². The quantitative estimate of drug-likeness (QED) is 0.819. The summed E-state index contributed by atoms with van der Waals surface area (Å²) in [5.74, 6) is 1.25. The summed E-state index contributed by atoms with van der Waals surface area (Å²) in [6.45, 7) is 1.06. The van der Waals surface area contributed by atoms with E-state index in [-0.39, 0.29) is 42.6 Å². The second-order valence-corrected chi connectivity index (χ2v) is 9.59. The van der Waals surface area contributed by atoms with Gasteiger partial charge in [-0.3, -0.25) is 4.79 Å². The van der Waals surface area contributed by atoms with Gasteiger partial charge in [-0.2, -0.15) is 0 Å². The number of hydrogen-bond acceptors (Lipinski definition) is 6. The normalized spacial score (nSPS) is 28.1. The first-order valence-corrected chi connectivity index (χ1v) is 10.8. The van der Waals surface area contributed by atoms with Crippen LogP contribution in [-0.2, 0) is 14.6 Å². The number of likely N-dealkylation sites (tertiary alicyclic amines) is 1. The number of fused-ring (bicyclic) bond motifs is 1. The lowest BCUT2D eigenvalue weighted by molar-refractivity contribution is -0.139. The van der Waals surface area contributed by atoms with Gasteiger partial charge in [-0.25, -0.2) is 8.42 Å². The average molecular weight is 381 g/mol. The second kappa shape index (κ2) is 6.74. The molecule has 0 aliphatic carbocycles. The lowest BCUT2D eigenvalue weighted by Gasteiger charge is -2.38. The molecule has 142 valence electrons. The van der Waals surface area contributed by atoms with Crippen LogP contribution in [-0.4, -0.2) is 61.8 Å². The van der Waals surface area contributed by atoms with Crippen molar-refractivity contribution in [2.75, 3.05) is 31.4 Å². The van der Waals surface area contributed by atoms with Crippen molar-refractivity contribution >= 4 is 15.7 Å². The first-order chi connectivity index (χ1) is 12.4. The van der Waals surface area contributed by atoms with Crippen molar-refractivity contribution in [3.8, 4) is 11.5 Å². The number of sulfone groups is 1. The lowest BCUT2D eigenvalue weighted by Crippen LogP contribution is -2.48. The number of benzene rings is 1. The number of β-amino-alcohol motifs (C(OH)–C–C–N with tert-alkyl or cyclic N) is 1. The second-order valence-electron chi connectivity index (χ2n) is 7.29. The van der Waals surface area contributed by atoms with E-state index in [9.17, 15) is 18.3 Å². The van der Waals surface area contributed by atoms with Crippen LogP contribution in [0, 0.1) is 5.92 Å². The largest absolute Gasteiger partial charge is 0.454 e. The number of aliphatic hydroxyl groups excluding tert-OH is 1. The maximum atomic E-state index is 12.7. The Hall–Kier alpha value is -1.80. The highest BCUT2D eigenvalue weighted by atomic mass is 32.2. The highest BCUT2D eigenvalue weighted by Gasteiger charge is 2.36. The summed E-state index contributed by atoms with van der Waals surface area (Å²) in [5.41, 5.74) is 0.984. The van der Waals surface area contributed by atoms with Gasteiger partial charge >= 0.3 is 0 Å². The summed E-state index contributed by atoms with van der Waals surface area (Å²) in [7, 11) is -2.98. The van der Waals surface area contributed by atoms with Crippen molar-refractivity contribution < 1.29 is 27.8 Å². The van der Waals surface area contributed by atoms with Crippen LogP contribution in [0.5, 0.6) is 11.5 Å². The summed E-state index contributed by atoms with van der Waals surface area (Å²) in [5, 5.41) is 10.6. The predicted molar refractivity (Wildman–Crippen MR) is 93.9 cm³/mol. The SMILES string of the molecule is O=C(C1CCS(=O)(=O)CC1)N1CC[C@@H](c2ccc3c(c2)OCO3)[C@H](O)C1. The van der Waals surface area contributed by atoms with Gasteiger partial charge in [0.05, 0.1) is 17.6 Å². The number of nitrogens with zero attached hydrogens (tertiary/aromatic N) is 1. The minimum Gasteiger partial charge on any atom is -0.454 e. The molecule has 8 heteroatoms. The molecule has 3 heterocycles. The van der Waals surface area contributed by atoms with Gasteiger partial charge in [-0.1, -0.05) is 6.07 Å². The zero-order valence-corrected chi connectivity index (χ0v) is 15.3. The molecule has 0 aromatic heterocycles. The van der Waals surface area contributed by atoms with Crippen molar-refractivity contribution in [2.45, 2.75) is 31.3 Å². The Balaban J connectivity index is 1.40. The van der Waals surface area contributed by atoms with Crippen LogP contribution in [0.25, 0.3) is 0 Å². The van der Waals surface area contributed by atoms with Crippen molar-refractivity contribution in [3.63, 3.8) is 0 Å². The van der Waals surface area contributed by atoms with Crippen molar-refractivity contribution in [3.05, 3.63) is 23.8 Å². The zero-order chi connectivity index (χ0) is 18.3. The molecule has 1 aromatic rings. The number of ether oxygens (including phenoxy) is 2. The first kappa shape index (κ1) is 17.6. The van der Waals surface area contributed by atoms with E-state index in [1.165, 1.54) is 0 Å². The van der Waals surface area contributed by atoms with E-state index in [0.29, 0.717) is 37.3 Å². The monoisotopic (exact) mass is 381 g/mol. The maximum absolute atomic E-state index is 12.7. The molecular formula is C18H23NO6S. The van der Waals surface area contributed by atoms with Gasteiger partial charge in [-0.05, 0) is 37.0 Å². The van der Waals surface area contributed by atoms with Crippen LogP contribution in [0.2, 0.25) is 0 Å². The molecule has 0 spiro atoms. The number of amides is 1. The van der Waals surface area contributed by atoms with Crippen LogP contribution >= 0.6 is 0 Å². The molecule has 7 nitrogen and oxygen atoms in total. The maximum Gasteiger partial charge on any atom is 0.231 e. The summed E-state index contributed by atoms with van der Waals surface area (Å²) in [6, 6.07) is 5.69. The molecule has 1 amide bonds. The van der Waals surface area contributed by atoms with Gasteiger partial charge in [0.25, 0.3) is 0 Å². The molecule has 26 heavy (non-hydrogen) atoms. The molecule has 3 aliphatic rings. The third-order valence-corrected chi connectivity index (χ3v) is 7.34. The molecule has 0 radical (unpaired) electrons. The Morgan fingerprint density at radius 2 is 1.85 bits per heavy atom. The smallest absolute Gasteiger partial charge is 0.231 e. The molecule has 1 N–H and O–H groups in total. The third-order valence-electron chi connectivity index (χ3n) is 5.62. The minimum atomic E-state index is -2.98. The van der Waals surface area contributed by atoms with Gasteiger partial charge in [0, 0.05) is 24.9 Å². The van der Waals surface area contributed by atoms with Crippen molar-refractivity contribution in [2.24, 2.45) is 5.92 Å². The van der Waals surface area contributed by atoms with Crippen LogP contribution < -0.4 is 9.47 Å². The molecule has 4 rings (SSSR count). The number of aliphatic hydroxyl groups is 1. The fourth-order valence-electron chi connectivity index (χ4n) is 4.06. The van der Waals surface area contributed by atoms with Gasteiger partial charge in [0.2, 0.25) is 12.7 Å². The van der Waals surface area contributed by atoms with Gasteiger partial charge in [0.1, 0.15) is 9.84 Å². The Kier molecular flexibility index (Phi) is 4.56. The van der Waals surface area contributed by atoms with Crippen LogP contribution in [0.4, 0.5) is 0 Å². The molecule has 2 atom stereocenters. The Morgan fingerprint density at radius 1 is 1.12 bits per heavy atom.